The molecule has 19 heteroatoms. The topological polar surface area (TPSA) is 204 Å². The number of aryl methyl sites for hydroxylation is 2. The number of phenolic OH excluding ortho intramolecular Hbond substituents is 1. The quantitative estimate of drug-likeness (QED) is 0.0759. The number of hydrogen-bond donors (Lipinski definition) is 4. The number of piperidine rings is 1. The van der Waals surface area contributed by atoms with E-state index >= 15 is 4.39 Å². The number of ether oxygens (including phenoxy) is 2. The first kappa shape index (κ1) is 51.9. The summed E-state index contributed by atoms with van der Waals surface area (Å²) in [6.07, 6.45) is 6.85. The number of halogens is 1. The molecule has 2 amide bonds. The molecule has 4 aromatic heterocycles. The molecule has 0 saturated carbocycles. The summed E-state index contributed by atoms with van der Waals surface area (Å²) >= 11 is 1.58. The van der Waals surface area contributed by atoms with Crippen LogP contribution in [0.5, 0.6) is 17.6 Å². The molecule has 8 atom stereocenters. The van der Waals surface area contributed by atoms with Crippen LogP contribution in [0.1, 0.15) is 107 Å². The van der Waals surface area contributed by atoms with Crippen molar-refractivity contribution in [1.82, 2.24) is 45.5 Å². The number of benzene rings is 3. The Labute approximate surface area is 456 Å². The number of thiazole rings is 1. The molecule has 5 fully saturated rings. The van der Waals surface area contributed by atoms with E-state index in [1.54, 1.807) is 35.7 Å². The number of nitrogens with zero attached hydrogens (tertiary/aromatic N) is 8. The summed E-state index contributed by atoms with van der Waals surface area (Å²) in [4.78, 5) is 54.6. The van der Waals surface area contributed by atoms with Gasteiger partial charge in [0, 0.05) is 62.5 Å². The summed E-state index contributed by atoms with van der Waals surface area (Å²) in [5.74, 6) is -1.02. The lowest BCUT2D eigenvalue weighted by Crippen LogP contribution is -2.56. The highest BCUT2D eigenvalue weighted by molar-refractivity contribution is 7.13. The summed E-state index contributed by atoms with van der Waals surface area (Å²) in [6, 6.07) is 18.4. The number of aromatic hydroxyl groups is 1. The molecule has 78 heavy (non-hydrogen) atoms. The Morgan fingerprint density at radius 3 is 2.56 bits per heavy atom. The molecule has 5 aliphatic heterocycles. The summed E-state index contributed by atoms with van der Waals surface area (Å²) in [6.45, 7) is 13.0. The minimum atomic E-state index is -0.865. The van der Waals surface area contributed by atoms with Gasteiger partial charge >= 0.3 is 6.01 Å². The fourth-order valence-corrected chi connectivity index (χ4v) is 13.9. The largest absolute Gasteiger partial charge is 0.508 e. The van der Waals surface area contributed by atoms with E-state index in [2.05, 4.69) is 37.5 Å². The second-order valence-electron chi connectivity index (χ2n) is 22.6. The predicted octanol–water partition coefficient (Wildman–Crippen LogP) is 8.65. The smallest absolute Gasteiger partial charge is 0.319 e. The Morgan fingerprint density at radius 2 is 1.81 bits per heavy atom. The number of aliphatic hydroxyl groups is 1. The number of piperazine rings is 1. The zero-order valence-corrected chi connectivity index (χ0v) is 45.6. The van der Waals surface area contributed by atoms with Crippen LogP contribution in [-0.2, 0) is 16.0 Å². The number of hydrogen-bond acceptors (Lipinski definition) is 16. The first-order valence-electron chi connectivity index (χ1n) is 27.6. The lowest BCUT2D eigenvalue weighted by atomic mass is 9.86. The summed E-state index contributed by atoms with van der Waals surface area (Å²) < 4.78 is 36.4. The fraction of sp³-hybridized carbons (Fsp3) is 0.475. The van der Waals surface area contributed by atoms with Gasteiger partial charge in [-0.25, -0.2) is 9.37 Å². The Hall–Kier alpha value is -6.80. The molecule has 2 bridgehead atoms. The zero-order valence-electron chi connectivity index (χ0n) is 44.7. The normalized spacial score (nSPS) is 24.0. The van der Waals surface area contributed by atoms with Crippen molar-refractivity contribution in [2.24, 2.45) is 5.92 Å². The molecule has 5 saturated heterocycles. The molecule has 408 valence electrons. The average Bonchev–Trinajstić information content (AvgIpc) is 4.39. The highest BCUT2D eigenvalue weighted by Crippen LogP contribution is 2.42. The van der Waals surface area contributed by atoms with E-state index in [0.29, 0.717) is 54.2 Å². The fourth-order valence-electron chi connectivity index (χ4n) is 13.1. The van der Waals surface area contributed by atoms with Gasteiger partial charge in [-0.15, -0.1) is 11.3 Å². The molecule has 17 nitrogen and oxygen atoms in total. The van der Waals surface area contributed by atoms with E-state index < -0.39 is 23.9 Å². The summed E-state index contributed by atoms with van der Waals surface area (Å²) in [7, 11) is 0. The van der Waals surface area contributed by atoms with Crippen molar-refractivity contribution in [3.63, 3.8) is 0 Å². The van der Waals surface area contributed by atoms with Gasteiger partial charge < -0.3 is 44.6 Å². The number of amides is 2. The van der Waals surface area contributed by atoms with Crippen molar-refractivity contribution in [1.29, 1.82) is 0 Å². The van der Waals surface area contributed by atoms with Crippen LogP contribution in [0, 0.1) is 18.7 Å². The summed E-state index contributed by atoms with van der Waals surface area (Å²) in [5, 5.41) is 34.9. The van der Waals surface area contributed by atoms with Crippen molar-refractivity contribution in [3.05, 3.63) is 101 Å². The standard InChI is InChI=1S/C59H67FN10O7S/c1-6-35-9-7-10-38-21-41(71)22-44(50(35)38)52-51(60)53-45(25-61-52)55(68-26-39-15-16-40(27-68)64-39)66-58(65-53)75-30-59-18-8-20-69(59)29-43(17-19-59)76-48-24-47(77-67-48)49(32(2)3)57(74)70-28-42(72)23-46(70)56(73)63-33(4)36-11-13-37(14-12-36)54-34(5)62-31-78-54/h7,9-14,21-22,24-25,31-33,39-40,42-43,46,49,64,71-72H,6,8,15-20,23,26-30H2,1-5H3,(H,63,73)/t33-,39?,40?,42+,43+,46-,49+,59+/m0/s1. The number of aliphatic hydroxyl groups excluding tert-OH is 1. The van der Waals surface area contributed by atoms with Gasteiger partial charge in [0.1, 0.15) is 47.4 Å². The molecule has 9 heterocycles. The van der Waals surface area contributed by atoms with Crippen molar-refractivity contribution < 1.29 is 38.2 Å². The van der Waals surface area contributed by atoms with Crippen LogP contribution in [0.25, 0.3) is 43.4 Å². The third-order valence-electron chi connectivity index (χ3n) is 17.1. The van der Waals surface area contributed by atoms with Gasteiger partial charge in [0.2, 0.25) is 11.8 Å². The maximum atomic E-state index is 17.4. The van der Waals surface area contributed by atoms with Gasteiger partial charge in [-0.3, -0.25) is 19.5 Å². The monoisotopic (exact) mass is 1080 g/mol. The molecule has 2 unspecified atom stereocenters. The lowest BCUT2D eigenvalue weighted by Gasteiger charge is -2.44. The van der Waals surface area contributed by atoms with E-state index in [0.717, 1.165) is 96.2 Å². The number of carbonyl (C=O) groups is 2. The van der Waals surface area contributed by atoms with E-state index in [1.807, 2.05) is 75.7 Å². The van der Waals surface area contributed by atoms with E-state index in [-0.39, 0.29) is 77.2 Å². The Morgan fingerprint density at radius 1 is 1.00 bits per heavy atom. The third-order valence-corrected chi connectivity index (χ3v) is 18.1. The highest BCUT2D eigenvalue weighted by Gasteiger charge is 2.48. The van der Waals surface area contributed by atoms with Gasteiger partial charge in [0.15, 0.2) is 11.6 Å². The molecular weight excluding hydrogens is 1010 g/mol. The van der Waals surface area contributed by atoms with Crippen LogP contribution in [0.15, 0.2) is 76.9 Å². The van der Waals surface area contributed by atoms with E-state index in [4.69, 9.17) is 28.9 Å². The number of anilines is 1. The second kappa shape index (κ2) is 21.1. The summed E-state index contributed by atoms with van der Waals surface area (Å²) in [5.41, 5.74) is 6.20. The first-order valence-corrected chi connectivity index (χ1v) is 28.5. The number of rotatable bonds is 15. The molecule has 3 aromatic carbocycles. The van der Waals surface area contributed by atoms with Crippen LogP contribution < -0.4 is 25.0 Å². The van der Waals surface area contributed by atoms with Gasteiger partial charge in [0.25, 0.3) is 5.88 Å². The Balaban J connectivity index is 0.733. The van der Waals surface area contributed by atoms with Crippen molar-refractivity contribution in [2.75, 3.05) is 44.2 Å². The van der Waals surface area contributed by atoms with Gasteiger partial charge in [-0.1, -0.05) is 63.2 Å². The van der Waals surface area contributed by atoms with Gasteiger partial charge in [0.05, 0.1) is 39.2 Å². The molecule has 0 radical (unpaired) electrons. The number of carbonyl (C=O) groups excluding carboxylic acids is 2. The van der Waals surface area contributed by atoms with Crippen LogP contribution in [-0.4, -0.2) is 132 Å². The van der Waals surface area contributed by atoms with Gasteiger partial charge in [-0.2, -0.15) is 9.97 Å². The highest BCUT2D eigenvalue weighted by atomic mass is 32.1. The number of β-amino-alcohol motifs (C(OH)–C–C–N with tert-alkyl or cyclic N) is 1. The average molecular weight is 1080 g/mol. The number of aromatic nitrogens is 5. The predicted molar refractivity (Wildman–Crippen MR) is 295 cm³/mol. The first-order chi connectivity index (χ1) is 37.7. The molecule has 4 N–H and O–H groups in total. The van der Waals surface area contributed by atoms with E-state index in [9.17, 15) is 19.8 Å². The van der Waals surface area contributed by atoms with Crippen molar-refractivity contribution >= 4 is 50.6 Å². The molecule has 12 rings (SSSR count). The van der Waals surface area contributed by atoms with Crippen LogP contribution >= 0.6 is 11.3 Å². The Kier molecular flexibility index (Phi) is 14.1. The van der Waals surface area contributed by atoms with Gasteiger partial charge in [-0.05, 0) is 116 Å². The maximum Gasteiger partial charge on any atom is 0.319 e. The number of phenols is 1. The molecule has 5 aliphatic rings. The zero-order chi connectivity index (χ0) is 54.0. The second-order valence-corrected chi connectivity index (χ2v) is 23.4. The molecule has 7 aromatic rings. The minimum Gasteiger partial charge on any atom is -0.508 e. The number of pyridine rings is 1. The van der Waals surface area contributed by atoms with Crippen molar-refractivity contribution in [2.45, 2.75) is 134 Å². The molecular formula is C59H67FN10O7S. The maximum absolute atomic E-state index is 17.4. The van der Waals surface area contributed by atoms with Crippen LogP contribution in [0.3, 0.4) is 0 Å². The molecule has 0 spiro atoms. The number of nitrogens with one attached hydrogen (secondary N) is 2. The number of likely N-dealkylation sites (tertiary alicyclic amines) is 1. The SMILES string of the molecule is CCc1cccc2cc(O)cc(-c3ncc4c(N5CC6CCC(C5)N6)nc(OC[C@]56CCCN5C[C@H](Oc5cc([C@H](C(=O)N7C[C@H](O)C[C@H]7C(=O)N[C@@H](C)c7ccc(-c8scnc8C)cc7)C(C)C)on5)CC6)nc4c3F)c12. The number of fused-ring (bicyclic) bond motifs is 5. The lowest BCUT2D eigenvalue weighted by molar-refractivity contribution is -0.141. The third kappa shape index (κ3) is 9.80. The van der Waals surface area contributed by atoms with E-state index in [1.165, 1.54) is 4.90 Å². The Bertz CT molecular complexity index is 3380. The minimum absolute atomic E-state index is 0.0244. The van der Waals surface area contributed by atoms with Crippen molar-refractivity contribution in [3.8, 4) is 39.3 Å². The molecule has 0 aliphatic carbocycles. The van der Waals surface area contributed by atoms with Crippen LogP contribution in [0.2, 0.25) is 0 Å². The van der Waals surface area contributed by atoms with Crippen LogP contribution in [0.4, 0.5) is 10.2 Å².